The number of nitrogens with zero attached hydrogens (tertiary/aromatic N) is 7. The van der Waals surface area contributed by atoms with Crippen LogP contribution in [0.25, 0.3) is 11.5 Å². The minimum atomic E-state index is -0.546. The number of carbonyl (C=O) groups is 1. The number of urea groups is 1. The van der Waals surface area contributed by atoms with Crippen molar-refractivity contribution in [2.45, 2.75) is 20.0 Å². The number of aromatic nitrogens is 7. The molecule has 2 N–H and O–H groups in total. The van der Waals surface area contributed by atoms with Crippen LogP contribution < -0.4 is 15.4 Å². The van der Waals surface area contributed by atoms with Gasteiger partial charge in [-0.05, 0) is 19.9 Å². The molecule has 154 valence electrons. The summed E-state index contributed by atoms with van der Waals surface area (Å²) in [4.78, 5) is 22.2. The maximum Gasteiger partial charge on any atom is 0.323 e. The van der Waals surface area contributed by atoms with Crippen LogP contribution in [0.5, 0.6) is 5.75 Å². The summed E-state index contributed by atoms with van der Waals surface area (Å²) in [5.41, 5.74) is 1.08. The van der Waals surface area contributed by atoms with Gasteiger partial charge in [0.2, 0.25) is 0 Å². The molecule has 4 rings (SSSR count). The Kier molecular flexibility index (Phi) is 5.38. The summed E-state index contributed by atoms with van der Waals surface area (Å²) in [5, 5.41) is 18.0. The van der Waals surface area contributed by atoms with Crippen LogP contribution in [-0.4, -0.2) is 46.7 Å². The van der Waals surface area contributed by atoms with E-state index in [4.69, 9.17) is 27.9 Å². The van der Waals surface area contributed by atoms with Crippen molar-refractivity contribution in [1.82, 2.24) is 34.6 Å². The van der Waals surface area contributed by atoms with Crippen molar-refractivity contribution < 1.29 is 9.53 Å². The second kappa shape index (κ2) is 8.13. The molecule has 0 fully saturated rings. The molecule has 11 nitrogen and oxygen atoms in total. The first-order valence-corrected chi connectivity index (χ1v) is 9.47. The quantitative estimate of drug-likeness (QED) is 0.479. The van der Waals surface area contributed by atoms with E-state index in [1.54, 1.807) is 0 Å². The molecule has 30 heavy (non-hydrogen) atoms. The van der Waals surface area contributed by atoms with Crippen molar-refractivity contribution in [1.29, 1.82) is 0 Å². The Bertz CT molecular complexity index is 1210. The number of amides is 2. The Morgan fingerprint density at radius 3 is 2.60 bits per heavy atom. The van der Waals surface area contributed by atoms with Crippen LogP contribution in [-0.2, 0) is 0 Å². The van der Waals surface area contributed by atoms with Gasteiger partial charge in [-0.2, -0.15) is 15.3 Å². The van der Waals surface area contributed by atoms with Crippen molar-refractivity contribution in [3.63, 3.8) is 0 Å². The third-order valence-corrected chi connectivity index (χ3v) is 4.17. The Morgan fingerprint density at radius 1 is 1.13 bits per heavy atom. The second-order valence-corrected chi connectivity index (χ2v) is 7.11. The highest BCUT2D eigenvalue weighted by atomic mass is 35.5. The van der Waals surface area contributed by atoms with Crippen LogP contribution in [0.4, 0.5) is 16.2 Å². The summed E-state index contributed by atoms with van der Waals surface area (Å²) in [7, 11) is 0. The number of anilines is 2. The highest BCUT2D eigenvalue weighted by molar-refractivity contribution is 6.32. The number of rotatable bonds is 5. The largest absolute Gasteiger partial charge is 0.485 e. The summed E-state index contributed by atoms with van der Waals surface area (Å²) in [5.74, 6) is 0.685. The highest BCUT2D eigenvalue weighted by Gasteiger charge is 2.17. The predicted molar refractivity (Wildman–Crippen MR) is 111 cm³/mol. The molecule has 0 aliphatic rings. The van der Waals surface area contributed by atoms with Gasteiger partial charge in [0.05, 0.1) is 47.8 Å². The lowest BCUT2D eigenvalue weighted by atomic mass is 10.3. The van der Waals surface area contributed by atoms with E-state index in [1.807, 2.05) is 13.8 Å². The van der Waals surface area contributed by atoms with Crippen molar-refractivity contribution in [3.8, 4) is 11.6 Å². The number of hydrogen-bond donors (Lipinski definition) is 2. The summed E-state index contributed by atoms with van der Waals surface area (Å²) >= 11 is 12.2. The normalized spacial score (nSPS) is 11.1. The molecule has 0 atom stereocenters. The zero-order valence-corrected chi connectivity index (χ0v) is 17.3. The first kappa shape index (κ1) is 19.9. The molecule has 4 aromatic heterocycles. The smallest absolute Gasteiger partial charge is 0.323 e. The van der Waals surface area contributed by atoms with Gasteiger partial charge in [0.25, 0.3) is 0 Å². The number of halogens is 2. The topological polar surface area (TPSA) is 124 Å². The van der Waals surface area contributed by atoms with Crippen molar-refractivity contribution in [2.75, 3.05) is 10.6 Å². The molecule has 0 spiro atoms. The third-order valence-electron chi connectivity index (χ3n) is 3.71. The summed E-state index contributed by atoms with van der Waals surface area (Å²) < 4.78 is 7.29. The van der Waals surface area contributed by atoms with Crippen LogP contribution >= 0.6 is 23.2 Å². The van der Waals surface area contributed by atoms with E-state index in [0.717, 1.165) is 0 Å². The molecule has 0 bridgehead atoms. The second-order valence-electron chi connectivity index (χ2n) is 6.31. The first-order chi connectivity index (χ1) is 14.4. The summed E-state index contributed by atoms with van der Waals surface area (Å²) in [6.07, 6.45) is 7.27. The minimum absolute atomic E-state index is 0.165. The molecule has 4 heterocycles. The molecular formula is C17H15Cl2N9O2. The molecule has 4 aromatic rings. The predicted octanol–water partition coefficient (Wildman–Crippen LogP) is 3.44. The summed E-state index contributed by atoms with van der Waals surface area (Å²) in [6, 6.07) is 0.990. The van der Waals surface area contributed by atoms with Gasteiger partial charge in [0.1, 0.15) is 10.8 Å². The fourth-order valence-corrected chi connectivity index (χ4v) is 3.00. The fraction of sp³-hybridized carbons (Fsp3) is 0.176. The van der Waals surface area contributed by atoms with Gasteiger partial charge in [0, 0.05) is 0 Å². The van der Waals surface area contributed by atoms with Crippen molar-refractivity contribution in [2.24, 2.45) is 0 Å². The van der Waals surface area contributed by atoms with E-state index in [-0.39, 0.29) is 16.3 Å². The molecule has 0 saturated heterocycles. The van der Waals surface area contributed by atoms with Gasteiger partial charge in [0.15, 0.2) is 17.2 Å². The number of nitrogens with one attached hydrogen (secondary N) is 2. The Balaban J connectivity index is 1.55. The number of hydrogen-bond acceptors (Lipinski definition) is 7. The summed E-state index contributed by atoms with van der Waals surface area (Å²) in [6.45, 7) is 3.71. The molecule has 0 aliphatic heterocycles. The Labute approximate surface area is 180 Å². The van der Waals surface area contributed by atoms with Crippen LogP contribution in [0.3, 0.4) is 0 Å². The van der Waals surface area contributed by atoms with E-state index in [9.17, 15) is 4.79 Å². The van der Waals surface area contributed by atoms with Crippen molar-refractivity contribution >= 4 is 46.3 Å². The van der Waals surface area contributed by atoms with Crippen LogP contribution in [0.2, 0.25) is 10.2 Å². The van der Waals surface area contributed by atoms with Crippen LogP contribution in [0.15, 0.2) is 37.1 Å². The fourth-order valence-electron chi connectivity index (χ4n) is 2.58. The van der Waals surface area contributed by atoms with Crippen LogP contribution in [0, 0.1) is 0 Å². The van der Waals surface area contributed by atoms with Gasteiger partial charge in [-0.15, -0.1) is 4.80 Å². The van der Waals surface area contributed by atoms with E-state index < -0.39 is 6.03 Å². The zero-order valence-electron chi connectivity index (χ0n) is 15.7. The molecular weight excluding hydrogens is 433 g/mol. The SMILES string of the molecule is CC(C)Oc1c(NC(=O)Nc2cnc(-n3nccn3)c(Cl)c2)cnn2cc(Cl)nc12. The average molecular weight is 448 g/mol. The lowest BCUT2D eigenvalue weighted by Gasteiger charge is -2.15. The third kappa shape index (κ3) is 4.11. The molecule has 0 saturated carbocycles. The Morgan fingerprint density at radius 2 is 1.90 bits per heavy atom. The molecule has 0 aliphatic carbocycles. The van der Waals surface area contributed by atoms with Gasteiger partial charge in [-0.3, -0.25) is 0 Å². The molecule has 0 aromatic carbocycles. The molecule has 0 unspecified atom stereocenters. The van der Waals surface area contributed by atoms with Crippen molar-refractivity contribution in [3.05, 3.63) is 47.2 Å². The lowest BCUT2D eigenvalue weighted by Crippen LogP contribution is -2.21. The van der Waals surface area contributed by atoms with E-state index in [1.165, 1.54) is 46.4 Å². The zero-order chi connectivity index (χ0) is 21.3. The van der Waals surface area contributed by atoms with Gasteiger partial charge >= 0.3 is 6.03 Å². The number of ether oxygens (including phenoxy) is 1. The monoisotopic (exact) mass is 447 g/mol. The number of carbonyl (C=O) groups excluding carboxylic acids is 1. The number of pyridine rings is 1. The first-order valence-electron chi connectivity index (χ1n) is 8.71. The average Bonchev–Trinajstić information content (AvgIpc) is 3.32. The van der Waals surface area contributed by atoms with Gasteiger partial charge < -0.3 is 15.4 Å². The van der Waals surface area contributed by atoms with E-state index >= 15 is 0 Å². The number of imidazole rings is 1. The standard InChI is InChI=1S/C17H15Cl2N9O2/c1-9(2)30-14-12(7-23-27-8-13(19)26-16(14)27)25-17(29)24-10-5-11(18)15(20-6-10)28-21-3-4-22-28/h3-9H,1-2H3,(H2,24,25,29). The lowest BCUT2D eigenvalue weighted by molar-refractivity contribution is 0.244. The van der Waals surface area contributed by atoms with Gasteiger partial charge in [-0.25, -0.2) is 19.3 Å². The highest BCUT2D eigenvalue weighted by Crippen LogP contribution is 2.30. The van der Waals surface area contributed by atoms with E-state index in [0.29, 0.717) is 28.6 Å². The number of fused-ring (bicyclic) bond motifs is 1. The maximum atomic E-state index is 12.5. The molecule has 2 amide bonds. The molecule has 13 heteroatoms. The molecule has 0 radical (unpaired) electrons. The Hall–Kier alpha value is -3.44. The maximum absolute atomic E-state index is 12.5. The van der Waals surface area contributed by atoms with Gasteiger partial charge in [-0.1, -0.05) is 23.2 Å². The van der Waals surface area contributed by atoms with Crippen LogP contribution in [0.1, 0.15) is 13.8 Å². The minimum Gasteiger partial charge on any atom is -0.485 e. The van der Waals surface area contributed by atoms with E-state index in [2.05, 4.69) is 35.9 Å².